The van der Waals surface area contributed by atoms with Crippen molar-refractivity contribution in [2.24, 2.45) is 0 Å². The van der Waals surface area contributed by atoms with Gasteiger partial charge in [0, 0.05) is 25.4 Å². The number of benzene rings is 1. The lowest BCUT2D eigenvalue weighted by Crippen LogP contribution is -2.25. The largest absolute Gasteiger partial charge is 0.433 e. The summed E-state index contributed by atoms with van der Waals surface area (Å²) in [6, 6.07) is 10.2. The second kappa shape index (κ2) is 9.46. The molecule has 1 amide bonds. The van der Waals surface area contributed by atoms with Gasteiger partial charge in [0.25, 0.3) is 5.91 Å². The lowest BCUT2D eigenvalue weighted by molar-refractivity contribution is -0.141. The third kappa shape index (κ3) is 5.30. The van der Waals surface area contributed by atoms with E-state index in [-0.39, 0.29) is 18.9 Å². The zero-order valence-corrected chi connectivity index (χ0v) is 18.0. The molecule has 0 atom stereocenters. The van der Waals surface area contributed by atoms with E-state index in [9.17, 15) is 22.4 Å². The van der Waals surface area contributed by atoms with Crippen LogP contribution in [0.4, 0.5) is 17.6 Å². The van der Waals surface area contributed by atoms with Crippen molar-refractivity contribution in [3.63, 3.8) is 0 Å². The van der Waals surface area contributed by atoms with E-state index in [2.05, 4.69) is 20.5 Å². The van der Waals surface area contributed by atoms with Gasteiger partial charge >= 0.3 is 6.18 Å². The third-order valence-electron chi connectivity index (χ3n) is 5.21. The number of carbonyl (C=O) groups excluding carboxylic acids is 1. The lowest BCUT2D eigenvalue weighted by atomic mass is 10.1. The fourth-order valence-corrected chi connectivity index (χ4v) is 3.43. The van der Waals surface area contributed by atoms with Crippen molar-refractivity contribution in [3.8, 4) is 0 Å². The normalized spacial score (nSPS) is 11.6. The third-order valence-corrected chi connectivity index (χ3v) is 5.21. The van der Waals surface area contributed by atoms with Crippen molar-refractivity contribution in [2.75, 3.05) is 0 Å². The average Bonchev–Trinajstić information content (AvgIpc) is 3.42. The van der Waals surface area contributed by atoms with Crippen LogP contribution in [0.2, 0.25) is 0 Å². The van der Waals surface area contributed by atoms with Gasteiger partial charge in [-0.05, 0) is 35.7 Å². The van der Waals surface area contributed by atoms with E-state index in [0.29, 0.717) is 12.1 Å². The number of H-pyrrole nitrogens is 1. The Bertz CT molecular complexity index is 1290. The van der Waals surface area contributed by atoms with Gasteiger partial charge < -0.3 is 5.32 Å². The number of hydrogen-bond donors (Lipinski definition) is 2. The van der Waals surface area contributed by atoms with Crippen LogP contribution in [0, 0.1) is 12.7 Å². The second-order valence-corrected chi connectivity index (χ2v) is 7.72. The Balaban J connectivity index is 1.36. The van der Waals surface area contributed by atoms with Crippen LogP contribution in [0.1, 0.15) is 44.1 Å². The van der Waals surface area contributed by atoms with Crippen LogP contribution >= 0.6 is 0 Å². The van der Waals surface area contributed by atoms with Crippen LogP contribution in [0.15, 0.2) is 55.0 Å². The molecule has 0 saturated carbocycles. The molecule has 1 aromatic carbocycles. The highest BCUT2D eigenvalue weighted by Crippen LogP contribution is 2.29. The SMILES string of the molecule is Cc1cn(Cc2ncccc2F)nc1Cc1ccc(CNC(=O)c2cn[nH]c2C(F)(F)F)cc1. The fourth-order valence-electron chi connectivity index (χ4n) is 3.43. The molecule has 0 saturated heterocycles. The van der Waals surface area contributed by atoms with E-state index in [0.717, 1.165) is 28.6 Å². The van der Waals surface area contributed by atoms with Gasteiger partial charge in [-0.3, -0.25) is 19.6 Å². The molecule has 3 aromatic heterocycles. The first-order valence-corrected chi connectivity index (χ1v) is 10.3. The van der Waals surface area contributed by atoms with Crippen molar-refractivity contribution in [3.05, 3.63) is 100 Å². The van der Waals surface area contributed by atoms with E-state index in [1.54, 1.807) is 16.8 Å². The van der Waals surface area contributed by atoms with Crippen LogP contribution in [0.3, 0.4) is 0 Å². The molecular formula is C23H20F4N6O. The Morgan fingerprint density at radius 2 is 1.85 bits per heavy atom. The van der Waals surface area contributed by atoms with E-state index >= 15 is 0 Å². The predicted octanol–water partition coefficient (Wildman–Crippen LogP) is 4.04. The number of aryl methyl sites for hydroxylation is 1. The number of aromatic nitrogens is 5. The van der Waals surface area contributed by atoms with Gasteiger partial charge in [0.1, 0.15) is 5.82 Å². The Kier molecular flexibility index (Phi) is 6.44. The molecule has 4 aromatic rings. The van der Waals surface area contributed by atoms with Gasteiger partial charge in [-0.15, -0.1) is 0 Å². The monoisotopic (exact) mass is 472 g/mol. The van der Waals surface area contributed by atoms with Gasteiger partial charge in [-0.2, -0.15) is 23.4 Å². The molecule has 7 nitrogen and oxygen atoms in total. The van der Waals surface area contributed by atoms with Crippen molar-refractivity contribution < 1.29 is 22.4 Å². The molecule has 0 aliphatic heterocycles. The Hall–Kier alpha value is -4.02. The summed E-state index contributed by atoms with van der Waals surface area (Å²) in [6.07, 6.45) is 0.0648. The smallest absolute Gasteiger partial charge is 0.348 e. The molecule has 3 heterocycles. The van der Waals surface area contributed by atoms with Gasteiger partial charge in [0.2, 0.25) is 0 Å². The average molecular weight is 472 g/mol. The topological polar surface area (TPSA) is 88.5 Å². The van der Waals surface area contributed by atoms with Crippen LogP contribution < -0.4 is 5.32 Å². The van der Waals surface area contributed by atoms with Crippen molar-refractivity contribution in [1.82, 2.24) is 30.3 Å². The number of halogens is 4. The first-order valence-electron chi connectivity index (χ1n) is 10.3. The zero-order valence-electron chi connectivity index (χ0n) is 18.0. The number of nitrogens with zero attached hydrogens (tertiary/aromatic N) is 4. The lowest BCUT2D eigenvalue weighted by Gasteiger charge is -2.08. The van der Waals surface area contributed by atoms with E-state index in [1.165, 1.54) is 18.3 Å². The number of aromatic amines is 1. The highest BCUT2D eigenvalue weighted by Gasteiger charge is 2.37. The summed E-state index contributed by atoms with van der Waals surface area (Å²) in [5.74, 6) is -1.25. The fraction of sp³-hybridized carbons (Fsp3) is 0.217. The standard InChI is InChI=1S/C23H20F4N6O/c1-14-12-33(13-20-18(24)3-2-8-28-20)32-19(14)9-15-4-6-16(7-5-15)10-29-22(34)17-11-30-31-21(17)23(25,26)27/h2-8,11-12H,9-10,13H2,1H3,(H,29,34)(H,30,31). The van der Waals surface area contributed by atoms with Gasteiger partial charge in [0.15, 0.2) is 5.69 Å². The molecule has 0 fully saturated rings. The second-order valence-electron chi connectivity index (χ2n) is 7.72. The number of amides is 1. The molecule has 0 spiro atoms. The number of carbonyl (C=O) groups is 1. The first-order chi connectivity index (χ1) is 16.2. The van der Waals surface area contributed by atoms with Crippen molar-refractivity contribution >= 4 is 5.91 Å². The molecule has 2 N–H and O–H groups in total. The van der Waals surface area contributed by atoms with Crippen LogP contribution in [-0.2, 0) is 25.7 Å². The summed E-state index contributed by atoms with van der Waals surface area (Å²) in [5, 5.41) is 12.1. The highest BCUT2D eigenvalue weighted by molar-refractivity contribution is 5.95. The molecule has 0 unspecified atom stereocenters. The Morgan fingerprint density at radius 1 is 1.12 bits per heavy atom. The summed E-state index contributed by atoms with van der Waals surface area (Å²) in [7, 11) is 0. The molecule has 4 rings (SSSR count). The zero-order chi connectivity index (χ0) is 24.3. The first kappa shape index (κ1) is 23.1. The van der Waals surface area contributed by atoms with Gasteiger partial charge in [0.05, 0.1) is 29.7 Å². The maximum atomic E-state index is 13.8. The number of rotatable bonds is 7. The van der Waals surface area contributed by atoms with Crippen molar-refractivity contribution in [2.45, 2.75) is 32.6 Å². The number of pyridine rings is 1. The van der Waals surface area contributed by atoms with Crippen LogP contribution in [0.25, 0.3) is 0 Å². The van der Waals surface area contributed by atoms with E-state index < -0.39 is 23.3 Å². The summed E-state index contributed by atoms with van der Waals surface area (Å²) >= 11 is 0. The minimum atomic E-state index is -4.69. The molecule has 0 aliphatic carbocycles. The van der Waals surface area contributed by atoms with Crippen LogP contribution in [-0.4, -0.2) is 30.9 Å². The molecule has 34 heavy (non-hydrogen) atoms. The summed E-state index contributed by atoms with van der Waals surface area (Å²) < 4.78 is 54.2. The van der Waals surface area contributed by atoms with E-state index in [4.69, 9.17) is 0 Å². The van der Waals surface area contributed by atoms with Crippen LogP contribution in [0.5, 0.6) is 0 Å². The van der Waals surface area contributed by atoms with E-state index in [1.807, 2.05) is 30.4 Å². The maximum Gasteiger partial charge on any atom is 0.433 e. The summed E-state index contributed by atoms with van der Waals surface area (Å²) in [6.45, 7) is 2.20. The minimum absolute atomic E-state index is 0.0604. The minimum Gasteiger partial charge on any atom is -0.348 e. The maximum absolute atomic E-state index is 13.8. The highest BCUT2D eigenvalue weighted by atomic mass is 19.4. The van der Waals surface area contributed by atoms with Gasteiger partial charge in [-0.25, -0.2) is 4.39 Å². The predicted molar refractivity (Wildman–Crippen MR) is 114 cm³/mol. The molecule has 0 aliphatic rings. The number of hydrogen-bond acceptors (Lipinski definition) is 4. The number of alkyl halides is 3. The quantitative estimate of drug-likeness (QED) is 0.398. The molecule has 0 bridgehead atoms. The van der Waals surface area contributed by atoms with Crippen molar-refractivity contribution in [1.29, 1.82) is 0 Å². The summed E-state index contributed by atoms with van der Waals surface area (Å²) in [5.41, 5.74) is 2.04. The molecule has 0 radical (unpaired) electrons. The molecule has 176 valence electrons. The molecular weight excluding hydrogens is 452 g/mol. The molecule has 11 heteroatoms. The van der Waals surface area contributed by atoms with Gasteiger partial charge in [-0.1, -0.05) is 24.3 Å². The number of nitrogens with one attached hydrogen (secondary N) is 2. The Morgan fingerprint density at radius 3 is 2.56 bits per heavy atom. The summed E-state index contributed by atoms with van der Waals surface area (Å²) in [4.78, 5) is 16.2. The Labute approximate surface area is 191 Å².